The van der Waals surface area contributed by atoms with E-state index < -0.39 is 0 Å². The molecule has 0 amide bonds. The molecule has 0 aliphatic rings. The van der Waals surface area contributed by atoms with Crippen molar-refractivity contribution in [3.05, 3.63) is 34.9 Å². The summed E-state index contributed by atoms with van der Waals surface area (Å²) in [6.07, 6.45) is 1.01. The van der Waals surface area contributed by atoms with Crippen LogP contribution in [0.5, 0.6) is 0 Å². The number of likely N-dealkylation sites (N-methyl/N-ethyl adjacent to an activating group) is 1. The Hall–Kier alpha value is -0.860. The van der Waals surface area contributed by atoms with Crippen LogP contribution in [0.3, 0.4) is 0 Å². The molecule has 0 bridgehead atoms. The second kappa shape index (κ2) is 5.65. The van der Waals surface area contributed by atoms with E-state index in [0.717, 1.165) is 6.42 Å². The van der Waals surface area contributed by atoms with E-state index in [1.54, 1.807) is 24.3 Å². The van der Waals surface area contributed by atoms with Crippen molar-refractivity contribution in [3.63, 3.8) is 0 Å². The second-order valence-corrected chi connectivity index (χ2v) is 5.39. The smallest absolute Gasteiger partial charge is 0.176 e. The van der Waals surface area contributed by atoms with Gasteiger partial charge in [0.25, 0.3) is 0 Å². The SMILES string of the molecule is CCC(C)(C)N(C)CC(=O)c1ccc(Cl)cc1. The van der Waals surface area contributed by atoms with Crippen LogP contribution in [0.25, 0.3) is 0 Å². The minimum atomic E-state index is 0.0437. The van der Waals surface area contributed by atoms with Crippen LogP contribution in [0.2, 0.25) is 5.02 Å². The van der Waals surface area contributed by atoms with E-state index in [2.05, 4.69) is 25.7 Å². The predicted molar refractivity (Wildman–Crippen MR) is 72.8 cm³/mol. The molecule has 0 spiro atoms. The van der Waals surface area contributed by atoms with Crippen molar-refractivity contribution >= 4 is 17.4 Å². The molecule has 0 N–H and O–H groups in total. The lowest BCUT2D eigenvalue weighted by molar-refractivity contribution is 0.0847. The minimum Gasteiger partial charge on any atom is -0.294 e. The fourth-order valence-corrected chi connectivity index (χ4v) is 1.55. The van der Waals surface area contributed by atoms with Crippen LogP contribution in [0.4, 0.5) is 0 Å². The van der Waals surface area contributed by atoms with Gasteiger partial charge in [0.1, 0.15) is 0 Å². The molecule has 0 saturated heterocycles. The highest BCUT2D eigenvalue weighted by molar-refractivity contribution is 6.30. The minimum absolute atomic E-state index is 0.0437. The summed E-state index contributed by atoms with van der Waals surface area (Å²) in [4.78, 5) is 14.1. The van der Waals surface area contributed by atoms with Crippen molar-refractivity contribution in [2.75, 3.05) is 13.6 Å². The third-order valence-electron chi connectivity index (χ3n) is 3.45. The molecule has 3 heteroatoms. The molecule has 0 saturated carbocycles. The number of ketones is 1. The maximum absolute atomic E-state index is 12.0. The van der Waals surface area contributed by atoms with Gasteiger partial charge >= 0.3 is 0 Å². The molecule has 0 aliphatic carbocycles. The monoisotopic (exact) mass is 253 g/mol. The highest BCUT2D eigenvalue weighted by atomic mass is 35.5. The Labute approximate surface area is 109 Å². The summed E-state index contributed by atoms with van der Waals surface area (Å²) >= 11 is 5.80. The summed E-state index contributed by atoms with van der Waals surface area (Å²) in [6, 6.07) is 7.05. The third kappa shape index (κ3) is 3.83. The van der Waals surface area contributed by atoms with Gasteiger partial charge in [-0.3, -0.25) is 9.69 Å². The zero-order valence-corrected chi connectivity index (χ0v) is 11.7. The lowest BCUT2D eigenvalue weighted by Crippen LogP contribution is -2.43. The Morgan fingerprint density at radius 2 is 1.82 bits per heavy atom. The van der Waals surface area contributed by atoms with Crippen LogP contribution in [0.1, 0.15) is 37.6 Å². The Bertz CT molecular complexity index is 384. The van der Waals surface area contributed by atoms with Gasteiger partial charge in [-0.2, -0.15) is 0 Å². The van der Waals surface area contributed by atoms with Crippen LogP contribution in [0, 0.1) is 0 Å². The summed E-state index contributed by atoms with van der Waals surface area (Å²) in [5.74, 6) is 0.130. The Morgan fingerprint density at radius 1 is 1.29 bits per heavy atom. The molecular weight excluding hydrogens is 234 g/mol. The molecule has 1 aromatic carbocycles. The topological polar surface area (TPSA) is 20.3 Å². The zero-order chi connectivity index (χ0) is 13.1. The average Bonchev–Trinajstić information content (AvgIpc) is 2.29. The van der Waals surface area contributed by atoms with Crippen LogP contribution in [-0.2, 0) is 0 Å². The van der Waals surface area contributed by atoms with Gasteiger partial charge < -0.3 is 0 Å². The van der Waals surface area contributed by atoms with Gasteiger partial charge in [-0.1, -0.05) is 18.5 Å². The largest absolute Gasteiger partial charge is 0.294 e. The predicted octanol–water partition coefficient (Wildman–Crippen LogP) is 3.64. The van der Waals surface area contributed by atoms with Crippen molar-refractivity contribution in [3.8, 4) is 0 Å². The van der Waals surface area contributed by atoms with Crippen molar-refractivity contribution in [1.82, 2.24) is 4.90 Å². The van der Waals surface area contributed by atoms with E-state index in [0.29, 0.717) is 17.1 Å². The number of rotatable bonds is 5. The van der Waals surface area contributed by atoms with Gasteiger partial charge in [0.05, 0.1) is 6.54 Å². The van der Waals surface area contributed by atoms with Gasteiger partial charge in [0.2, 0.25) is 0 Å². The van der Waals surface area contributed by atoms with Crippen LogP contribution >= 0.6 is 11.6 Å². The van der Waals surface area contributed by atoms with E-state index in [4.69, 9.17) is 11.6 Å². The molecule has 0 heterocycles. The molecule has 0 fully saturated rings. The van der Waals surface area contributed by atoms with E-state index in [-0.39, 0.29) is 11.3 Å². The number of carbonyl (C=O) groups excluding carboxylic acids is 1. The third-order valence-corrected chi connectivity index (χ3v) is 3.70. The van der Waals surface area contributed by atoms with Crippen LogP contribution in [0.15, 0.2) is 24.3 Å². The van der Waals surface area contributed by atoms with Gasteiger partial charge in [0, 0.05) is 16.1 Å². The van der Waals surface area contributed by atoms with Crippen molar-refractivity contribution in [2.24, 2.45) is 0 Å². The molecule has 2 nitrogen and oxygen atoms in total. The average molecular weight is 254 g/mol. The Balaban J connectivity index is 2.70. The second-order valence-electron chi connectivity index (χ2n) is 4.95. The number of hydrogen-bond donors (Lipinski definition) is 0. The number of carbonyl (C=O) groups is 1. The van der Waals surface area contributed by atoms with Crippen LogP contribution < -0.4 is 0 Å². The molecule has 1 aromatic rings. The van der Waals surface area contributed by atoms with Crippen molar-refractivity contribution in [1.29, 1.82) is 0 Å². The molecule has 0 atom stereocenters. The van der Waals surface area contributed by atoms with Crippen molar-refractivity contribution in [2.45, 2.75) is 32.7 Å². The van der Waals surface area contributed by atoms with Gasteiger partial charge in [0.15, 0.2) is 5.78 Å². The number of hydrogen-bond acceptors (Lipinski definition) is 2. The highest BCUT2D eigenvalue weighted by Gasteiger charge is 2.23. The summed E-state index contributed by atoms with van der Waals surface area (Å²) < 4.78 is 0. The first kappa shape index (κ1) is 14.2. The zero-order valence-electron chi connectivity index (χ0n) is 11.0. The quantitative estimate of drug-likeness (QED) is 0.747. The van der Waals surface area contributed by atoms with Crippen molar-refractivity contribution < 1.29 is 4.79 Å². The Morgan fingerprint density at radius 3 is 2.29 bits per heavy atom. The summed E-state index contributed by atoms with van der Waals surface area (Å²) in [5.41, 5.74) is 0.760. The molecule has 1 rings (SSSR count). The molecule has 17 heavy (non-hydrogen) atoms. The van der Waals surface area contributed by atoms with E-state index in [9.17, 15) is 4.79 Å². The lowest BCUT2D eigenvalue weighted by Gasteiger charge is -2.34. The maximum Gasteiger partial charge on any atom is 0.176 e. The number of halogens is 1. The fraction of sp³-hybridized carbons (Fsp3) is 0.500. The standard InChI is InChI=1S/C14H20ClNO/c1-5-14(2,3)16(4)10-13(17)11-6-8-12(15)9-7-11/h6-9H,5,10H2,1-4H3. The van der Waals surface area contributed by atoms with Gasteiger partial charge in [-0.05, 0) is 51.6 Å². The number of Topliss-reactive ketones (excluding diaryl/α,β-unsaturated/α-hetero) is 1. The summed E-state index contributed by atoms with van der Waals surface area (Å²) in [7, 11) is 1.98. The first-order chi connectivity index (χ1) is 7.86. The fourth-order valence-electron chi connectivity index (χ4n) is 1.43. The van der Waals surface area contributed by atoms with Gasteiger partial charge in [-0.25, -0.2) is 0 Å². The van der Waals surface area contributed by atoms with E-state index in [1.165, 1.54) is 0 Å². The maximum atomic E-state index is 12.0. The molecule has 0 unspecified atom stereocenters. The normalized spacial score (nSPS) is 11.9. The molecule has 94 valence electrons. The van der Waals surface area contributed by atoms with Crippen LogP contribution in [-0.4, -0.2) is 29.8 Å². The molecule has 0 aliphatic heterocycles. The first-order valence-electron chi connectivity index (χ1n) is 5.87. The van der Waals surface area contributed by atoms with E-state index >= 15 is 0 Å². The number of benzene rings is 1. The molecule has 0 radical (unpaired) electrons. The summed E-state index contributed by atoms with van der Waals surface area (Å²) in [6.45, 7) is 6.84. The van der Waals surface area contributed by atoms with E-state index in [1.807, 2.05) is 7.05 Å². The number of nitrogens with zero attached hydrogens (tertiary/aromatic N) is 1. The molecular formula is C14H20ClNO. The first-order valence-corrected chi connectivity index (χ1v) is 6.24. The van der Waals surface area contributed by atoms with Gasteiger partial charge in [-0.15, -0.1) is 0 Å². The Kier molecular flexibility index (Phi) is 4.72. The summed E-state index contributed by atoms with van der Waals surface area (Å²) in [5, 5.41) is 0.656. The highest BCUT2D eigenvalue weighted by Crippen LogP contribution is 2.17. The molecule has 0 aromatic heterocycles. The lowest BCUT2D eigenvalue weighted by atomic mass is 9.99.